The van der Waals surface area contributed by atoms with Crippen molar-refractivity contribution in [3.63, 3.8) is 0 Å². The van der Waals surface area contributed by atoms with Crippen LogP contribution in [0.15, 0.2) is 36.5 Å². The minimum absolute atomic E-state index is 0.543. The third-order valence-corrected chi connectivity index (χ3v) is 3.14. The number of methoxy groups -OCH3 is 2. The Bertz CT molecular complexity index is 561. The Hall–Kier alpha value is -1.78. The molecule has 1 N–H and O–H groups in total. The molecule has 0 radical (unpaired) electrons. The van der Waals surface area contributed by atoms with Gasteiger partial charge in [0.05, 0.1) is 24.9 Å². The highest BCUT2D eigenvalue weighted by atomic mass is 35.5. The number of nitrogens with one attached hydrogen (secondary N) is 1. The summed E-state index contributed by atoms with van der Waals surface area (Å²) in [7, 11) is 3.17. The zero-order chi connectivity index (χ0) is 14.4. The number of benzene rings is 1. The molecule has 4 nitrogen and oxygen atoms in total. The van der Waals surface area contributed by atoms with E-state index >= 15 is 0 Å². The summed E-state index contributed by atoms with van der Waals surface area (Å²) in [6, 6.07) is 9.63. The highest BCUT2D eigenvalue weighted by Crippen LogP contribution is 2.35. The number of aromatic nitrogens is 1. The minimum Gasteiger partial charge on any atom is -0.493 e. The van der Waals surface area contributed by atoms with Crippen LogP contribution in [-0.4, -0.2) is 19.2 Å². The number of halogens is 1. The third-order valence-electron chi connectivity index (χ3n) is 2.85. The molecule has 1 aromatic carbocycles. The predicted molar refractivity (Wildman–Crippen MR) is 79.3 cm³/mol. The maximum Gasteiger partial charge on any atom is 0.179 e. The van der Waals surface area contributed by atoms with E-state index in [-0.39, 0.29) is 0 Å². The van der Waals surface area contributed by atoms with Crippen LogP contribution in [0.25, 0.3) is 0 Å². The van der Waals surface area contributed by atoms with Crippen molar-refractivity contribution in [1.29, 1.82) is 0 Å². The first-order valence-electron chi connectivity index (χ1n) is 6.25. The molecule has 0 spiro atoms. The lowest BCUT2D eigenvalue weighted by molar-refractivity contribution is 0.354. The first-order valence-corrected chi connectivity index (χ1v) is 6.63. The van der Waals surface area contributed by atoms with Crippen LogP contribution in [0, 0.1) is 0 Å². The molecule has 106 valence electrons. The number of nitrogens with zero attached hydrogens (tertiary/aromatic N) is 1. The van der Waals surface area contributed by atoms with Gasteiger partial charge in [0.25, 0.3) is 0 Å². The zero-order valence-corrected chi connectivity index (χ0v) is 12.3. The lowest BCUT2D eigenvalue weighted by atomic mass is 10.2. The summed E-state index contributed by atoms with van der Waals surface area (Å²) < 4.78 is 10.5. The van der Waals surface area contributed by atoms with Gasteiger partial charge in [-0.25, -0.2) is 0 Å². The van der Waals surface area contributed by atoms with Crippen LogP contribution in [0.3, 0.4) is 0 Å². The molecule has 0 atom stereocenters. The topological polar surface area (TPSA) is 43.4 Å². The van der Waals surface area contributed by atoms with Crippen LogP contribution in [0.5, 0.6) is 11.5 Å². The summed E-state index contributed by atoms with van der Waals surface area (Å²) in [6.45, 7) is 1.38. The Balaban J connectivity index is 2.01. The first-order chi connectivity index (χ1) is 9.74. The summed E-state index contributed by atoms with van der Waals surface area (Å²) in [5.74, 6) is 1.19. The molecule has 0 amide bonds. The van der Waals surface area contributed by atoms with Crippen molar-refractivity contribution in [2.45, 2.75) is 13.1 Å². The summed E-state index contributed by atoms with van der Waals surface area (Å²) in [5, 5.41) is 3.86. The summed E-state index contributed by atoms with van der Waals surface area (Å²) in [5.41, 5.74) is 2.03. The van der Waals surface area contributed by atoms with Crippen LogP contribution in [0.1, 0.15) is 11.3 Å². The molecule has 0 fully saturated rings. The molecule has 0 saturated carbocycles. The highest BCUT2D eigenvalue weighted by molar-refractivity contribution is 6.32. The van der Waals surface area contributed by atoms with Crippen molar-refractivity contribution in [3.05, 3.63) is 52.8 Å². The largest absolute Gasteiger partial charge is 0.493 e. The van der Waals surface area contributed by atoms with Gasteiger partial charge in [0, 0.05) is 19.3 Å². The van der Waals surface area contributed by atoms with Crippen molar-refractivity contribution in [1.82, 2.24) is 10.3 Å². The van der Waals surface area contributed by atoms with Crippen LogP contribution in [-0.2, 0) is 13.1 Å². The van der Waals surface area contributed by atoms with E-state index < -0.39 is 0 Å². The van der Waals surface area contributed by atoms with Gasteiger partial charge in [-0.2, -0.15) is 0 Å². The standard InChI is InChI=1S/C15H17ClN2O2/c1-19-14-8-11(7-13(16)15(14)20-2)9-17-10-12-5-3-4-6-18-12/h3-8,17H,9-10H2,1-2H3. The van der Waals surface area contributed by atoms with E-state index in [0.717, 1.165) is 11.3 Å². The fourth-order valence-electron chi connectivity index (χ4n) is 1.91. The molecular formula is C15H17ClN2O2. The Morgan fingerprint density at radius 2 is 2.00 bits per heavy atom. The normalized spacial score (nSPS) is 10.3. The smallest absolute Gasteiger partial charge is 0.179 e. The number of hydrogen-bond donors (Lipinski definition) is 1. The van der Waals surface area contributed by atoms with Crippen molar-refractivity contribution < 1.29 is 9.47 Å². The molecule has 20 heavy (non-hydrogen) atoms. The van der Waals surface area contributed by atoms with Crippen molar-refractivity contribution in [2.24, 2.45) is 0 Å². The van der Waals surface area contributed by atoms with Gasteiger partial charge in [0.2, 0.25) is 0 Å². The van der Waals surface area contributed by atoms with Crippen molar-refractivity contribution in [3.8, 4) is 11.5 Å². The molecule has 5 heteroatoms. The SMILES string of the molecule is COc1cc(CNCc2ccccn2)cc(Cl)c1OC. The van der Waals surface area contributed by atoms with Gasteiger partial charge in [-0.05, 0) is 29.8 Å². The van der Waals surface area contributed by atoms with Crippen LogP contribution in [0.4, 0.5) is 0 Å². The second kappa shape index (κ2) is 7.12. The highest BCUT2D eigenvalue weighted by Gasteiger charge is 2.10. The van der Waals surface area contributed by atoms with Crippen LogP contribution >= 0.6 is 11.6 Å². The maximum atomic E-state index is 6.16. The molecule has 1 aromatic heterocycles. The van der Waals surface area contributed by atoms with E-state index in [0.29, 0.717) is 29.6 Å². The molecule has 0 bridgehead atoms. The van der Waals surface area contributed by atoms with Gasteiger partial charge in [-0.1, -0.05) is 17.7 Å². The number of ether oxygens (including phenoxy) is 2. The lowest BCUT2D eigenvalue weighted by Crippen LogP contribution is -2.13. The van der Waals surface area contributed by atoms with Gasteiger partial charge < -0.3 is 14.8 Å². The second-order valence-electron chi connectivity index (χ2n) is 4.24. The molecule has 2 aromatic rings. The Labute approximate surface area is 123 Å². The van der Waals surface area contributed by atoms with Crippen LogP contribution in [0.2, 0.25) is 5.02 Å². The first kappa shape index (κ1) is 14.6. The van der Waals surface area contributed by atoms with Gasteiger partial charge in [-0.3, -0.25) is 4.98 Å². The molecule has 2 rings (SSSR count). The molecular weight excluding hydrogens is 276 g/mol. The van der Waals surface area contributed by atoms with E-state index in [2.05, 4.69) is 10.3 Å². The minimum atomic E-state index is 0.543. The van der Waals surface area contributed by atoms with E-state index in [1.54, 1.807) is 20.4 Å². The molecule has 1 heterocycles. The summed E-state index contributed by atoms with van der Waals surface area (Å²) >= 11 is 6.16. The van der Waals surface area contributed by atoms with Crippen molar-refractivity contribution in [2.75, 3.05) is 14.2 Å². The van der Waals surface area contributed by atoms with Gasteiger partial charge in [0.15, 0.2) is 11.5 Å². The monoisotopic (exact) mass is 292 g/mol. The van der Waals surface area contributed by atoms with Gasteiger partial charge >= 0.3 is 0 Å². The average Bonchev–Trinajstić information content (AvgIpc) is 2.47. The molecule has 0 aliphatic heterocycles. The fourth-order valence-corrected chi connectivity index (χ4v) is 2.22. The van der Waals surface area contributed by atoms with Crippen LogP contribution < -0.4 is 14.8 Å². The Morgan fingerprint density at radius 1 is 1.15 bits per heavy atom. The van der Waals surface area contributed by atoms with E-state index in [4.69, 9.17) is 21.1 Å². The van der Waals surface area contributed by atoms with Crippen molar-refractivity contribution >= 4 is 11.6 Å². The molecule has 0 saturated heterocycles. The Kier molecular flexibility index (Phi) is 5.21. The number of rotatable bonds is 6. The average molecular weight is 293 g/mol. The lowest BCUT2D eigenvalue weighted by Gasteiger charge is -2.12. The quantitative estimate of drug-likeness (QED) is 0.889. The molecule has 0 unspecified atom stereocenters. The van der Waals surface area contributed by atoms with E-state index in [1.807, 2.05) is 30.3 Å². The van der Waals surface area contributed by atoms with E-state index in [1.165, 1.54) is 0 Å². The molecule has 0 aliphatic rings. The number of hydrogen-bond acceptors (Lipinski definition) is 4. The molecule has 0 aliphatic carbocycles. The second-order valence-corrected chi connectivity index (χ2v) is 4.64. The van der Waals surface area contributed by atoms with Gasteiger partial charge in [-0.15, -0.1) is 0 Å². The van der Waals surface area contributed by atoms with E-state index in [9.17, 15) is 0 Å². The zero-order valence-electron chi connectivity index (χ0n) is 11.5. The summed E-state index contributed by atoms with van der Waals surface area (Å²) in [4.78, 5) is 4.26. The number of pyridine rings is 1. The fraction of sp³-hybridized carbons (Fsp3) is 0.267. The third kappa shape index (κ3) is 3.62. The summed E-state index contributed by atoms with van der Waals surface area (Å²) in [6.07, 6.45) is 1.78. The Morgan fingerprint density at radius 3 is 2.65 bits per heavy atom. The van der Waals surface area contributed by atoms with Gasteiger partial charge in [0.1, 0.15) is 0 Å². The predicted octanol–water partition coefficient (Wildman–Crippen LogP) is 3.04. The maximum absolute atomic E-state index is 6.16.